The number of hydrogen-bond donors (Lipinski definition) is 5. The zero-order chi connectivity index (χ0) is 38.6. The van der Waals surface area contributed by atoms with Gasteiger partial charge in [-0.05, 0) is 86.6 Å². The molecule has 1 saturated heterocycles. The summed E-state index contributed by atoms with van der Waals surface area (Å²) in [6, 6.07) is 27.5. The molecule has 5 aromatic rings. The van der Waals surface area contributed by atoms with E-state index in [0.29, 0.717) is 6.04 Å². The normalized spacial score (nSPS) is 12.5. The Morgan fingerprint density at radius 2 is 0.962 bits per heavy atom. The predicted molar refractivity (Wildman–Crippen MR) is 181 cm³/mol. The molecule has 14 nitrogen and oxygen atoms in total. The van der Waals surface area contributed by atoms with E-state index in [-0.39, 0.29) is 64.7 Å². The van der Waals surface area contributed by atoms with E-state index in [4.69, 9.17) is 25.5 Å². The van der Waals surface area contributed by atoms with Crippen LogP contribution in [-0.2, 0) is 19.5 Å². The number of carbonyl (C=O) groups is 4. The van der Waals surface area contributed by atoms with Gasteiger partial charge >= 0.3 is 25.4 Å². The van der Waals surface area contributed by atoms with Crippen LogP contribution in [0.2, 0.25) is 0 Å². The first-order valence-electron chi connectivity index (χ1n) is 15.3. The second-order valence-corrected chi connectivity index (χ2v) is 10.7. The van der Waals surface area contributed by atoms with Crippen LogP contribution in [0.1, 0.15) is 65.9 Å². The molecule has 0 aliphatic carbocycles. The fourth-order valence-corrected chi connectivity index (χ4v) is 4.50. The summed E-state index contributed by atoms with van der Waals surface area (Å²) in [7, 11) is 2.19. The summed E-state index contributed by atoms with van der Waals surface area (Å²) in [5.74, 6) is -6.19. The van der Waals surface area contributed by atoms with Crippen LogP contribution in [0.3, 0.4) is 0 Å². The van der Waals surface area contributed by atoms with Crippen molar-refractivity contribution in [3.63, 3.8) is 0 Å². The van der Waals surface area contributed by atoms with Crippen LogP contribution in [0, 0.1) is 0 Å². The van der Waals surface area contributed by atoms with Crippen molar-refractivity contribution < 1.29 is 79.5 Å². The van der Waals surface area contributed by atoms with E-state index in [1.54, 1.807) is 30.3 Å². The number of aromatic carboxylic acids is 4. The van der Waals surface area contributed by atoms with Gasteiger partial charge in [0.1, 0.15) is 28.6 Å². The third-order valence-electron chi connectivity index (χ3n) is 7.10. The van der Waals surface area contributed by atoms with E-state index in [1.807, 2.05) is 18.5 Å². The number of carboxylic acids is 4. The van der Waals surface area contributed by atoms with E-state index in [2.05, 4.69) is 23.0 Å². The van der Waals surface area contributed by atoms with E-state index >= 15 is 0 Å². The van der Waals surface area contributed by atoms with Crippen molar-refractivity contribution >= 4 is 23.9 Å². The molecule has 2 heterocycles. The number of benzene rings is 4. The number of nitrogens with zero attached hydrogens (tertiary/aromatic N) is 2. The molecule has 0 radical (unpaired) electrons. The molecule has 1 aliphatic rings. The average Bonchev–Trinajstić information content (AvgIpc) is 3.56. The van der Waals surface area contributed by atoms with E-state index in [0.717, 1.165) is 0 Å². The number of carbonyl (C=O) groups excluding carboxylic acids is 3. The molecule has 1 unspecified atom stereocenters. The smallest absolute Gasteiger partial charge is 0.545 e. The maximum Gasteiger partial charge on any atom is 2.00 e. The average molecular weight is 777 g/mol. The Morgan fingerprint density at radius 1 is 0.604 bits per heavy atom. The standard InChI is InChI=1S/C10H14N2.4C7H6O3.Zn/c1-12-7-3-5-10(12)9-4-2-6-11-8-9;4*8-6-4-2-1-3-5(6)7(9)10;/h2,4,6,8,10H,3,5,7H2,1H3;4*1-4,8H,(H,9,10);/q;;;;;+2/p-3. The molecule has 6 rings (SSSR count). The van der Waals surface area contributed by atoms with Gasteiger partial charge in [0.2, 0.25) is 0 Å². The quantitative estimate of drug-likeness (QED) is 0.161. The Morgan fingerprint density at radius 3 is 1.19 bits per heavy atom. The maximum absolute atomic E-state index is 10.3. The van der Waals surface area contributed by atoms with Gasteiger partial charge in [-0.3, -0.25) is 9.88 Å². The van der Waals surface area contributed by atoms with Crippen LogP contribution in [0.25, 0.3) is 0 Å². The molecule has 1 aliphatic heterocycles. The molecule has 1 aromatic heterocycles. The molecule has 53 heavy (non-hydrogen) atoms. The largest absolute Gasteiger partial charge is 2.00 e. The third-order valence-corrected chi connectivity index (χ3v) is 7.10. The number of phenols is 4. The molecule has 0 spiro atoms. The number of likely N-dealkylation sites (tertiary alicyclic amines) is 1. The first kappa shape index (κ1) is 44.7. The number of para-hydroxylation sites is 4. The van der Waals surface area contributed by atoms with Gasteiger partial charge in [-0.15, -0.1) is 0 Å². The molecule has 0 bridgehead atoms. The minimum absolute atomic E-state index is 0. The van der Waals surface area contributed by atoms with Crippen molar-refractivity contribution in [3.05, 3.63) is 149 Å². The van der Waals surface area contributed by atoms with E-state index in [9.17, 15) is 34.5 Å². The number of aromatic nitrogens is 1. The van der Waals surface area contributed by atoms with Crippen LogP contribution in [-0.4, -0.2) is 72.9 Å². The SMILES string of the molecule is CN1CCCC1c1cccnc1.O=C(O)c1ccccc1O.O=C([O-])c1ccccc1O.O=C([O-])c1ccccc1O.O=C([O-])c1ccccc1O.[Zn+2]. The first-order chi connectivity index (χ1) is 24.7. The summed E-state index contributed by atoms with van der Waals surface area (Å²) in [5.41, 5.74) is 0.757. The van der Waals surface area contributed by atoms with Crippen molar-refractivity contribution in [3.8, 4) is 23.0 Å². The molecule has 4 aromatic carbocycles. The van der Waals surface area contributed by atoms with Gasteiger partial charge < -0.3 is 55.2 Å². The number of carboxylic acid groups (broad SMARTS) is 4. The number of aromatic hydroxyl groups is 4. The molecule has 0 amide bonds. The second kappa shape index (κ2) is 23.2. The van der Waals surface area contributed by atoms with Crippen LogP contribution in [0.15, 0.2) is 122 Å². The van der Waals surface area contributed by atoms with Gasteiger partial charge in [-0.1, -0.05) is 54.6 Å². The summed E-state index contributed by atoms with van der Waals surface area (Å²) in [4.78, 5) is 47.3. The number of pyridine rings is 1. The molecule has 272 valence electrons. The fraction of sp³-hybridized carbons (Fsp3) is 0.132. The summed E-state index contributed by atoms with van der Waals surface area (Å²) >= 11 is 0. The van der Waals surface area contributed by atoms with Crippen molar-refractivity contribution in [1.82, 2.24) is 9.88 Å². The van der Waals surface area contributed by atoms with Crippen LogP contribution in [0.5, 0.6) is 23.0 Å². The van der Waals surface area contributed by atoms with Crippen LogP contribution < -0.4 is 15.3 Å². The molecule has 1 atom stereocenters. The van der Waals surface area contributed by atoms with Crippen LogP contribution in [0.4, 0.5) is 0 Å². The first-order valence-corrected chi connectivity index (χ1v) is 15.3. The summed E-state index contributed by atoms with van der Waals surface area (Å²) in [6.45, 7) is 1.22. The van der Waals surface area contributed by atoms with Crippen molar-refractivity contribution in [2.45, 2.75) is 18.9 Å². The zero-order valence-corrected chi connectivity index (χ0v) is 31.4. The second-order valence-electron chi connectivity index (χ2n) is 10.7. The molecular formula is C38H35N2O12Zn-. The Balaban J connectivity index is 0.000000331. The van der Waals surface area contributed by atoms with Crippen molar-refractivity contribution in [2.75, 3.05) is 13.6 Å². The molecular weight excluding hydrogens is 742 g/mol. The summed E-state index contributed by atoms with van der Waals surface area (Å²) in [6.07, 6.45) is 6.41. The number of rotatable bonds is 5. The Bertz CT molecular complexity index is 1700. The zero-order valence-electron chi connectivity index (χ0n) is 28.4. The topological polar surface area (TPSA) is 255 Å². The Kier molecular flexibility index (Phi) is 19.6. The van der Waals surface area contributed by atoms with Gasteiger partial charge in [-0.2, -0.15) is 0 Å². The minimum Gasteiger partial charge on any atom is -0.545 e. The maximum atomic E-state index is 10.3. The van der Waals surface area contributed by atoms with Gasteiger partial charge in [0, 0.05) is 35.1 Å². The van der Waals surface area contributed by atoms with E-state index in [1.165, 1.54) is 91.7 Å². The van der Waals surface area contributed by atoms with Gasteiger partial charge in [0.05, 0.1) is 17.9 Å². The summed E-state index contributed by atoms with van der Waals surface area (Å²) in [5, 5.41) is 74.3. The van der Waals surface area contributed by atoms with E-state index < -0.39 is 23.9 Å². The minimum atomic E-state index is -1.36. The van der Waals surface area contributed by atoms with Gasteiger partial charge in [0.15, 0.2) is 0 Å². The predicted octanol–water partition coefficient (Wildman–Crippen LogP) is 2.20. The number of hydrogen-bond acceptors (Lipinski definition) is 13. The van der Waals surface area contributed by atoms with Crippen molar-refractivity contribution in [2.24, 2.45) is 0 Å². The van der Waals surface area contributed by atoms with Gasteiger partial charge in [-0.25, -0.2) is 4.79 Å². The third kappa shape index (κ3) is 15.2. The Labute approximate surface area is 317 Å². The summed E-state index contributed by atoms with van der Waals surface area (Å²) < 4.78 is 0. The Hall–Kier alpha value is -6.31. The molecule has 1 fully saturated rings. The van der Waals surface area contributed by atoms with Crippen LogP contribution >= 0.6 is 0 Å². The molecule has 5 N–H and O–H groups in total. The van der Waals surface area contributed by atoms with Crippen molar-refractivity contribution in [1.29, 1.82) is 0 Å². The molecule has 15 heteroatoms. The fourth-order valence-electron chi connectivity index (χ4n) is 4.50. The monoisotopic (exact) mass is 775 g/mol. The molecule has 0 saturated carbocycles. The van der Waals surface area contributed by atoms with Gasteiger partial charge in [0.25, 0.3) is 0 Å².